The van der Waals surface area contributed by atoms with Gasteiger partial charge >= 0.3 is 6.30 Å². The summed E-state index contributed by atoms with van der Waals surface area (Å²) in [5, 5.41) is 8.84. The molecule has 0 atom stereocenters. The second kappa shape index (κ2) is 3.76. The second-order valence-electron chi connectivity index (χ2n) is 1.77. The Hall–Kier alpha value is -1.51. The third-order valence-corrected chi connectivity index (χ3v) is 0.909. The molecule has 0 bridgehead atoms. The van der Waals surface area contributed by atoms with Gasteiger partial charge < -0.3 is 0 Å². The van der Waals surface area contributed by atoms with Crippen molar-refractivity contribution in [2.24, 2.45) is 0 Å². The standard InChI is InChI=1S/C6H5F3N2O/c1-2-4(3-10)5(12)11-6(7,8)9/h2H,1H3,(H,11,12)/b4-2+. The summed E-state index contributed by atoms with van der Waals surface area (Å²) >= 11 is 0. The van der Waals surface area contributed by atoms with Gasteiger partial charge in [-0.2, -0.15) is 18.4 Å². The maximum Gasteiger partial charge on any atom is 0.484 e. The van der Waals surface area contributed by atoms with E-state index in [-0.39, 0.29) is 0 Å². The number of nitrogens with zero attached hydrogens (tertiary/aromatic N) is 1. The summed E-state index contributed by atoms with van der Waals surface area (Å²) in [6.45, 7) is 1.30. The molecule has 0 aliphatic rings. The number of rotatable bonds is 1. The maximum absolute atomic E-state index is 11.5. The van der Waals surface area contributed by atoms with Gasteiger partial charge in [0, 0.05) is 0 Å². The van der Waals surface area contributed by atoms with Crippen LogP contribution >= 0.6 is 0 Å². The highest BCUT2D eigenvalue weighted by molar-refractivity contribution is 5.97. The number of hydrogen-bond donors (Lipinski definition) is 1. The van der Waals surface area contributed by atoms with Gasteiger partial charge in [-0.25, -0.2) is 0 Å². The Bertz CT molecular complexity index is 248. The van der Waals surface area contributed by atoms with Crippen molar-refractivity contribution in [3.05, 3.63) is 11.6 Å². The molecular weight excluding hydrogens is 173 g/mol. The molecule has 1 amide bonds. The molecule has 0 heterocycles. The predicted molar refractivity (Wildman–Crippen MR) is 33.6 cm³/mol. The lowest BCUT2D eigenvalue weighted by Gasteiger charge is -2.06. The zero-order chi connectivity index (χ0) is 9.78. The Morgan fingerprint density at radius 1 is 1.58 bits per heavy atom. The van der Waals surface area contributed by atoms with Crippen LogP contribution in [0.2, 0.25) is 0 Å². The van der Waals surface area contributed by atoms with Gasteiger partial charge in [0.2, 0.25) is 0 Å². The Kier molecular flexibility index (Phi) is 3.29. The molecule has 0 aliphatic heterocycles. The molecule has 0 aromatic rings. The van der Waals surface area contributed by atoms with E-state index in [0.717, 1.165) is 6.08 Å². The minimum absolute atomic E-state index is 0.563. The zero-order valence-corrected chi connectivity index (χ0v) is 6.07. The first-order chi connectivity index (χ1) is 5.40. The first kappa shape index (κ1) is 10.5. The van der Waals surface area contributed by atoms with E-state index in [0.29, 0.717) is 5.32 Å². The highest BCUT2D eigenvalue weighted by Crippen LogP contribution is 2.10. The van der Waals surface area contributed by atoms with Crippen molar-refractivity contribution in [3.8, 4) is 6.07 Å². The van der Waals surface area contributed by atoms with E-state index in [1.165, 1.54) is 13.0 Å². The molecule has 0 unspecified atom stereocenters. The average Bonchev–Trinajstić information content (AvgIpc) is 1.85. The summed E-state index contributed by atoms with van der Waals surface area (Å²) in [4.78, 5) is 10.5. The molecule has 0 radical (unpaired) electrons. The van der Waals surface area contributed by atoms with Crippen LogP contribution in [0.4, 0.5) is 13.2 Å². The molecule has 12 heavy (non-hydrogen) atoms. The molecule has 0 rings (SSSR count). The first-order valence-electron chi connectivity index (χ1n) is 2.86. The third-order valence-electron chi connectivity index (χ3n) is 0.909. The van der Waals surface area contributed by atoms with E-state index in [9.17, 15) is 18.0 Å². The first-order valence-corrected chi connectivity index (χ1v) is 2.86. The molecule has 66 valence electrons. The van der Waals surface area contributed by atoms with E-state index in [2.05, 4.69) is 0 Å². The Labute approximate surface area is 66.5 Å². The van der Waals surface area contributed by atoms with Gasteiger partial charge in [0.05, 0.1) is 0 Å². The Morgan fingerprint density at radius 2 is 2.08 bits per heavy atom. The summed E-state index contributed by atoms with van der Waals surface area (Å²) in [5.74, 6) is -1.44. The number of hydrogen-bond acceptors (Lipinski definition) is 2. The summed E-state index contributed by atoms with van der Waals surface area (Å²) in [6.07, 6.45) is -3.79. The number of allylic oxidation sites excluding steroid dienone is 1. The molecule has 1 N–H and O–H groups in total. The van der Waals surface area contributed by atoms with Gasteiger partial charge in [-0.3, -0.25) is 10.1 Å². The highest BCUT2D eigenvalue weighted by atomic mass is 19.4. The van der Waals surface area contributed by atoms with E-state index >= 15 is 0 Å². The Morgan fingerprint density at radius 3 is 2.33 bits per heavy atom. The monoisotopic (exact) mass is 178 g/mol. The summed E-state index contributed by atoms with van der Waals surface area (Å²) in [5.41, 5.74) is -0.563. The van der Waals surface area contributed by atoms with Crippen LogP contribution in [0.5, 0.6) is 0 Å². The fourth-order valence-electron chi connectivity index (χ4n) is 0.442. The van der Waals surface area contributed by atoms with Gasteiger partial charge in [-0.1, -0.05) is 6.08 Å². The van der Waals surface area contributed by atoms with Crippen molar-refractivity contribution >= 4 is 5.91 Å². The number of carbonyl (C=O) groups excluding carboxylic acids is 1. The third kappa shape index (κ3) is 3.61. The van der Waals surface area contributed by atoms with Gasteiger partial charge in [0.1, 0.15) is 11.6 Å². The van der Waals surface area contributed by atoms with Crippen molar-refractivity contribution < 1.29 is 18.0 Å². The fourth-order valence-corrected chi connectivity index (χ4v) is 0.442. The molecule has 0 aromatic heterocycles. The SMILES string of the molecule is C/C=C(\C#N)C(=O)NC(F)(F)F. The molecule has 0 spiro atoms. The molecule has 0 aromatic carbocycles. The van der Waals surface area contributed by atoms with Crippen molar-refractivity contribution in [2.45, 2.75) is 13.2 Å². The van der Waals surface area contributed by atoms with Crippen LogP contribution in [-0.4, -0.2) is 12.2 Å². The minimum Gasteiger partial charge on any atom is -0.268 e. The Balaban J connectivity index is 4.36. The molecule has 0 saturated heterocycles. The largest absolute Gasteiger partial charge is 0.484 e. The van der Waals surface area contributed by atoms with Crippen LogP contribution in [0.25, 0.3) is 0 Å². The van der Waals surface area contributed by atoms with Gasteiger partial charge in [-0.05, 0) is 6.92 Å². The van der Waals surface area contributed by atoms with Crippen LogP contribution in [0.3, 0.4) is 0 Å². The van der Waals surface area contributed by atoms with Gasteiger partial charge in [-0.15, -0.1) is 0 Å². The van der Waals surface area contributed by atoms with Gasteiger partial charge in [0.15, 0.2) is 0 Å². The van der Waals surface area contributed by atoms with Gasteiger partial charge in [0.25, 0.3) is 5.91 Å². The van der Waals surface area contributed by atoms with Crippen molar-refractivity contribution in [1.29, 1.82) is 5.26 Å². The molecule has 0 aliphatic carbocycles. The van der Waals surface area contributed by atoms with Crippen molar-refractivity contribution in [1.82, 2.24) is 5.32 Å². The van der Waals surface area contributed by atoms with E-state index in [4.69, 9.17) is 5.26 Å². The number of halogens is 3. The smallest absolute Gasteiger partial charge is 0.268 e. The zero-order valence-electron chi connectivity index (χ0n) is 6.07. The summed E-state index contributed by atoms with van der Waals surface area (Å²) in [7, 11) is 0. The number of nitriles is 1. The van der Waals surface area contributed by atoms with E-state index in [1.54, 1.807) is 0 Å². The van der Waals surface area contributed by atoms with E-state index < -0.39 is 17.8 Å². The van der Waals surface area contributed by atoms with Crippen LogP contribution in [-0.2, 0) is 4.79 Å². The lowest BCUT2D eigenvalue weighted by Crippen LogP contribution is -2.37. The summed E-state index contributed by atoms with van der Waals surface area (Å²) < 4.78 is 34.4. The lowest BCUT2D eigenvalue weighted by atomic mass is 10.3. The lowest BCUT2D eigenvalue weighted by molar-refractivity contribution is -0.167. The van der Waals surface area contributed by atoms with Crippen molar-refractivity contribution in [3.63, 3.8) is 0 Å². The molecule has 0 fully saturated rings. The van der Waals surface area contributed by atoms with Crippen LogP contribution in [0.15, 0.2) is 11.6 Å². The van der Waals surface area contributed by atoms with Crippen LogP contribution < -0.4 is 5.32 Å². The molecule has 3 nitrogen and oxygen atoms in total. The number of nitrogens with one attached hydrogen (secondary N) is 1. The topological polar surface area (TPSA) is 52.9 Å². The molecule has 0 saturated carbocycles. The number of carbonyl (C=O) groups is 1. The predicted octanol–water partition coefficient (Wildman–Crippen LogP) is 1.09. The quantitative estimate of drug-likeness (QED) is 0.371. The fraction of sp³-hybridized carbons (Fsp3) is 0.333. The molecule has 6 heteroatoms. The second-order valence-corrected chi connectivity index (χ2v) is 1.77. The molecular formula is C6H5F3N2O. The number of amides is 1. The van der Waals surface area contributed by atoms with Crippen LogP contribution in [0.1, 0.15) is 6.92 Å². The minimum atomic E-state index is -4.79. The van der Waals surface area contributed by atoms with E-state index in [1.807, 2.05) is 0 Å². The average molecular weight is 178 g/mol. The highest BCUT2D eigenvalue weighted by Gasteiger charge is 2.30. The maximum atomic E-state index is 11.5. The van der Waals surface area contributed by atoms with Crippen LogP contribution in [0, 0.1) is 11.3 Å². The normalized spacial score (nSPS) is 12.1. The van der Waals surface area contributed by atoms with Crippen molar-refractivity contribution in [2.75, 3.05) is 0 Å². The number of alkyl halides is 3. The summed E-state index contributed by atoms with van der Waals surface area (Å²) in [6, 6.07) is 1.32.